The predicted octanol–water partition coefficient (Wildman–Crippen LogP) is 1.76. The van der Waals surface area contributed by atoms with Crippen LogP contribution in [0.2, 0.25) is 0 Å². The van der Waals surface area contributed by atoms with Crippen molar-refractivity contribution in [2.24, 2.45) is 0 Å². The minimum Gasteiger partial charge on any atom is -0.366 e. The van der Waals surface area contributed by atoms with Gasteiger partial charge in [0, 0.05) is 36.8 Å². The van der Waals surface area contributed by atoms with Crippen LogP contribution < -0.4 is 10.6 Å². The molecular weight excluding hydrogens is 366 g/mol. The molecule has 2 fully saturated rings. The molecule has 1 saturated carbocycles. The van der Waals surface area contributed by atoms with Gasteiger partial charge >= 0.3 is 0 Å². The highest BCUT2D eigenvalue weighted by Gasteiger charge is 2.44. The molecule has 2 heterocycles. The van der Waals surface area contributed by atoms with Crippen molar-refractivity contribution in [3.63, 3.8) is 0 Å². The van der Waals surface area contributed by atoms with E-state index in [1.807, 2.05) is 7.05 Å². The van der Waals surface area contributed by atoms with Crippen molar-refractivity contribution in [3.05, 3.63) is 17.0 Å². The SMILES string of the molecule is CNCCCn1nc([C@@H](C)N(C(=O)[C@H]2CNCCO2)C2CC2)c2c1C(C)(C)CC2. The molecule has 1 saturated heterocycles. The first-order valence-electron chi connectivity index (χ1n) is 11.3. The van der Waals surface area contributed by atoms with Crippen molar-refractivity contribution in [3.8, 4) is 0 Å². The topological polar surface area (TPSA) is 71.4 Å². The summed E-state index contributed by atoms with van der Waals surface area (Å²) in [6.07, 6.45) is 5.08. The number of morpholine rings is 1. The molecule has 4 rings (SSSR count). The average Bonchev–Trinajstić information content (AvgIpc) is 3.39. The molecule has 2 N–H and O–H groups in total. The first-order chi connectivity index (χ1) is 13.9. The molecule has 0 bridgehead atoms. The lowest BCUT2D eigenvalue weighted by molar-refractivity contribution is -0.148. The van der Waals surface area contributed by atoms with E-state index in [-0.39, 0.29) is 23.5 Å². The Balaban J connectivity index is 1.62. The predicted molar refractivity (Wildman–Crippen MR) is 113 cm³/mol. The molecule has 2 aliphatic carbocycles. The number of amides is 1. The molecule has 162 valence electrons. The van der Waals surface area contributed by atoms with Gasteiger partial charge in [-0.2, -0.15) is 5.10 Å². The monoisotopic (exact) mass is 403 g/mol. The maximum Gasteiger partial charge on any atom is 0.253 e. The van der Waals surface area contributed by atoms with Crippen LogP contribution in [0.15, 0.2) is 0 Å². The zero-order valence-electron chi connectivity index (χ0n) is 18.5. The smallest absolute Gasteiger partial charge is 0.253 e. The van der Waals surface area contributed by atoms with E-state index in [4.69, 9.17) is 9.84 Å². The Bertz CT molecular complexity index is 734. The molecule has 1 aliphatic heterocycles. The van der Waals surface area contributed by atoms with E-state index >= 15 is 0 Å². The fourth-order valence-electron chi connectivity index (χ4n) is 5.04. The second-order valence-corrected chi connectivity index (χ2v) is 9.49. The molecule has 2 atom stereocenters. The molecule has 1 aromatic heterocycles. The molecule has 0 spiro atoms. The van der Waals surface area contributed by atoms with Gasteiger partial charge < -0.3 is 20.3 Å². The second kappa shape index (κ2) is 8.36. The van der Waals surface area contributed by atoms with Crippen LogP contribution in [0.1, 0.15) is 69.4 Å². The van der Waals surface area contributed by atoms with Gasteiger partial charge in [-0.3, -0.25) is 9.48 Å². The van der Waals surface area contributed by atoms with Crippen molar-refractivity contribution in [1.82, 2.24) is 25.3 Å². The average molecular weight is 404 g/mol. The third-order valence-corrected chi connectivity index (χ3v) is 6.73. The van der Waals surface area contributed by atoms with Gasteiger partial charge in [-0.05, 0) is 58.2 Å². The number of ether oxygens (including phenoxy) is 1. The number of carbonyl (C=O) groups excluding carboxylic acids is 1. The summed E-state index contributed by atoms with van der Waals surface area (Å²) in [6.45, 7) is 10.8. The molecule has 1 amide bonds. The van der Waals surface area contributed by atoms with Crippen LogP contribution in [0.4, 0.5) is 0 Å². The first-order valence-corrected chi connectivity index (χ1v) is 11.3. The molecule has 1 aromatic rings. The summed E-state index contributed by atoms with van der Waals surface area (Å²) >= 11 is 0. The molecule has 0 radical (unpaired) electrons. The minimum atomic E-state index is -0.367. The zero-order valence-corrected chi connectivity index (χ0v) is 18.5. The van der Waals surface area contributed by atoms with Crippen LogP contribution in [-0.2, 0) is 27.9 Å². The van der Waals surface area contributed by atoms with Gasteiger partial charge in [-0.25, -0.2) is 0 Å². The fourth-order valence-corrected chi connectivity index (χ4v) is 5.04. The lowest BCUT2D eigenvalue weighted by atomic mass is 9.90. The summed E-state index contributed by atoms with van der Waals surface area (Å²) in [6, 6.07) is 0.330. The van der Waals surface area contributed by atoms with E-state index in [9.17, 15) is 4.79 Å². The number of rotatable bonds is 8. The van der Waals surface area contributed by atoms with E-state index in [1.165, 1.54) is 11.3 Å². The summed E-state index contributed by atoms with van der Waals surface area (Å²) in [5.41, 5.74) is 4.02. The highest BCUT2D eigenvalue weighted by Crippen LogP contribution is 2.44. The van der Waals surface area contributed by atoms with Crippen molar-refractivity contribution < 1.29 is 9.53 Å². The van der Waals surface area contributed by atoms with Crippen molar-refractivity contribution in [1.29, 1.82) is 0 Å². The van der Waals surface area contributed by atoms with E-state index in [1.54, 1.807) is 0 Å². The molecule has 7 heteroatoms. The van der Waals surface area contributed by atoms with E-state index in [0.717, 1.165) is 57.4 Å². The Morgan fingerprint density at radius 2 is 2.24 bits per heavy atom. The number of nitrogens with one attached hydrogen (secondary N) is 2. The number of fused-ring (bicyclic) bond motifs is 1. The van der Waals surface area contributed by atoms with Crippen molar-refractivity contribution in [2.45, 2.75) is 83.0 Å². The van der Waals surface area contributed by atoms with Gasteiger partial charge in [0.05, 0.1) is 18.3 Å². The quantitative estimate of drug-likeness (QED) is 0.647. The van der Waals surface area contributed by atoms with Gasteiger partial charge in [0.15, 0.2) is 0 Å². The summed E-state index contributed by atoms with van der Waals surface area (Å²) in [5, 5.41) is 11.6. The Hall–Kier alpha value is -1.44. The lowest BCUT2D eigenvalue weighted by Crippen LogP contribution is -2.50. The van der Waals surface area contributed by atoms with E-state index < -0.39 is 0 Å². The largest absolute Gasteiger partial charge is 0.366 e. The van der Waals surface area contributed by atoms with Gasteiger partial charge in [-0.15, -0.1) is 0 Å². The van der Waals surface area contributed by atoms with Crippen LogP contribution in [0.5, 0.6) is 0 Å². The Kier molecular flexibility index (Phi) is 6.00. The molecular formula is C22H37N5O2. The van der Waals surface area contributed by atoms with Crippen LogP contribution in [0.25, 0.3) is 0 Å². The Morgan fingerprint density at radius 1 is 1.45 bits per heavy atom. The van der Waals surface area contributed by atoms with Crippen LogP contribution >= 0.6 is 0 Å². The van der Waals surface area contributed by atoms with Gasteiger partial charge in [0.25, 0.3) is 5.91 Å². The van der Waals surface area contributed by atoms with Crippen molar-refractivity contribution in [2.75, 3.05) is 33.3 Å². The van der Waals surface area contributed by atoms with Crippen LogP contribution in [0.3, 0.4) is 0 Å². The fraction of sp³-hybridized carbons (Fsp3) is 0.818. The van der Waals surface area contributed by atoms with Crippen LogP contribution in [0, 0.1) is 0 Å². The molecule has 29 heavy (non-hydrogen) atoms. The minimum absolute atomic E-state index is 0.00581. The molecule has 7 nitrogen and oxygen atoms in total. The maximum atomic E-state index is 13.4. The highest BCUT2D eigenvalue weighted by atomic mass is 16.5. The van der Waals surface area contributed by atoms with Gasteiger partial charge in [-0.1, -0.05) is 13.8 Å². The summed E-state index contributed by atoms with van der Waals surface area (Å²) in [4.78, 5) is 15.4. The van der Waals surface area contributed by atoms with Gasteiger partial charge in [0.2, 0.25) is 0 Å². The highest BCUT2D eigenvalue weighted by molar-refractivity contribution is 5.82. The maximum absolute atomic E-state index is 13.4. The number of hydrogen-bond acceptors (Lipinski definition) is 5. The number of aromatic nitrogens is 2. The third kappa shape index (κ3) is 4.09. The van der Waals surface area contributed by atoms with E-state index in [0.29, 0.717) is 19.2 Å². The number of hydrogen-bond donors (Lipinski definition) is 2. The zero-order chi connectivity index (χ0) is 20.6. The summed E-state index contributed by atoms with van der Waals surface area (Å²) in [5.74, 6) is 0.128. The number of aryl methyl sites for hydroxylation is 1. The first kappa shape index (κ1) is 20.8. The molecule has 0 unspecified atom stereocenters. The third-order valence-electron chi connectivity index (χ3n) is 6.73. The Labute approximate surface area is 174 Å². The molecule has 0 aromatic carbocycles. The van der Waals surface area contributed by atoms with Crippen molar-refractivity contribution >= 4 is 5.91 Å². The normalized spacial score (nSPS) is 24.3. The van der Waals surface area contributed by atoms with Crippen LogP contribution in [-0.4, -0.2) is 66.0 Å². The second-order valence-electron chi connectivity index (χ2n) is 9.49. The van der Waals surface area contributed by atoms with E-state index in [2.05, 4.69) is 41.0 Å². The lowest BCUT2D eigenvalue weighted by Gasteiger charge is -2.33. The molecule has 3 aliphatic rings. The summed E-state index contributed by atoms with van der Waals surface area (Å²) < 4.78 is 8.03. The van der Waals surface area contributed by atoms with Gasteiger partial charge in [0.1, 0.15) is 6.10 Å². The number of nitrogens with zero attached hydrogens (tertiary/aromatic N) is 3. The Morgan fingerprint density at radius 3 is 2.90 bits per heavy atom. The summed E-state index contributed by atoms with van der Waals surface area (Å²) in [7, 11) is 1.99. The number of carbonyl (C=O) groups is 1. The standard InChI is InChI=1S/C22H37N5O2/c1-15(27(16-6-7-16)21(28)18-14-24-11-13-29-18)19-17-8-9-22(2,3)20(17)26(25-19)12-5-10-23-4/h15-16,18,23-24H,5-14H2,1-4H3/t15-,18-/m1/s1.